The average molecular weight is 363 g/mol. The van der Waals surface area contributed by atoms with Crippen LogP contribution in [0.15, 0.2) is 41.2 Å². The summed E-state index contributed by atoms with van der Waals surface area (Å²) in [7, 11) is 0. The number of carbonyl (C=O) groups is 1. The lowest BCUT2D eigenvalue weighted by atomic mass is 10.1. The van der Waals surface area contributed by atoms with Gasteiger partial charge in [0.1, 0.15) is 5.82 Å². The number of carboxylic acid groups (broad SMARTS) is 1. The molecular weight excluding hydrogens is 351 g/mol. The van der Waals surface area contributed by atoms with E-state index in [1.54, 1.807) is 29.7 Å². The third-order valence-electron chi connectivity index (χ3n) is 3.76. The highest BCUT2D eigenvalue weighted by atomic mass is 35.5. The van der Waals surface area contributed by atoms with Crippen molar-refractivity contribution in [1.29, 1.82) is 0 Å². The second-order valence-corrected chi connectivity index (χ2v) is 6.17. The summed E-state index contributed by atoms with van der Waals surface area (Å²) in [6.45, 7) is 2.03. The Hall–Kier alpha value is -2.37. The van der Waals surface area contributed by atoms with Crippen molar-refractivity contribution in [3.05, 3.63) is 73.7 Å². The predicted octanol–water partition coefficient (Wildman–Crippen LogP) is 3.76. The van der Waals surface area contributed by atoms with Gasteiger partial charge < -0.3 is 9.67 Å². The summed E-state index contributed by atoms with van der Waals surface area (Å²) >= 11 is 12.1. The van der Waals surface area contributed by atoms with Crippen LogP contribution in [0, 0.1) is 6.92 Å². The van der Waals surface area contributed by atoms with Crippen molar-refractivity contribution in [3.8, 4) is 0 Å². The number of aromatic carboxylic acids is 1. The van der Waals surface area contributed by atoms with E-state index >= 15 is 0 Å². The number of rotatable bonds is 3. The quantitative estimate of drug-likeness (QED) is 0.769. The molecule has 0 saturated carbocycles. The van der Waals surface area contributed by atoms with E-state index in [1.165, 1.54) is 18.2 Å². The Morgan fingerprint density at radius 3 is 2.62 bits per heavy atom. The molecule has 0 fully saturated rings. The Balaban J connectivity index is 2.24. The first kappa shape index (κ1) is 16.5. The van der Waals surface area contributed by atoms with Crippen molar-refractivity contribution in [1.82, 2.24) is 9.55 Å². The summed E-state index contributed by atoms with van der Waals surface area (Å²) in [5.41, 5.74) is 0.997. The number of carboxylic acids is 1. The van der Waals surface area contributed by atoms with Crippen LogP contribution in [0.5, 0.6) is 0 Å². The Bertz CT molecular complexity index is 1030. The molecule has 0 aliphatic carbocycles. The normalized spacial score (nSPS) is 11.0. The molecule has 3 aromatic rings. The molecule has 0 amide bonds. The molecule has 2 aromatic carbocycles. The molecule has 0 unspecified atom stereocenters. The molecule has 0 saturated heterocycles. The van der Waals surface area contributed by atoms with Gasteiger partial charge in [0.25, 0.3) is 5.56 Å². The van der Waals surface area contributed by atoms with Crippen molar-refractivity contribution in [3.63, 3.8) is 0 Å². The monoisotopic (exact) mass is 362 g/mol. The molecule has 122 valence electrons. The molecule has 24 heavy (non-hydrogen) atoms. The van der Waals surface area contributed by atoms with Crippen LogP contribution in [0.25, 0.3) is 10.9 Å². The number of hydrogen-bond donors (Lipinski definition) is 1. The number of aromatic nitrogens is 2. The molecular formula is C17H12Cl2N2O3. The van der Waals surface area contributed by atoms with Gasteiger partial charge in [-0.05, 0) is 42.8 Å². The van der Waals surface area contributed by atoms with Crippen molar-refractivity contribution < 1.29 is 9.90 Å². The van der Waals surface area contributed by atoms with Crippen LogP contribution in [0.4, 0.5) is 0 Å². The number of nitrogens with zero attached hydrogens (tertiary/aromatic N) is 2. The maximum absolute atomic E-state index is 12.1. The van der Waals surface area contributed by atoms with Gasteiger partial charge in [-0.25, -0.2) is 4.79 Å². The molecule has 7 heteroatoms. The Kier molecular flexibility index (Phi) is 4.30. The molecule has 0 radical (unpaired) electrons. The predicted molar refractivity (Wildman–Crippen MR) is 93.3 cm³/mol. The van der Waals surface area contributed by atoms with Gasteiger partial charge in [-0.15, -0.1) is 0 Å². The number of benzene rings is 2. The smallest absolute Gasteiger partial charge is 0.335 e. The molecule has 1 heterocycles. The zero-order valence-electron chi connectivity index (χ0n) is 12.6. The molecule has 0 atom stereocenters. The number of aryl methyl sites for hydroxylation is 1. The number of halogens is 2. The summed E-state index contributed by atoms with van der Waals surface area (Å²) in [5.74, 6) is -0.587. The molecule has 0 aliphatic heterocycles. The molecule has 0 spiro atoms. The van der Waals surface area contributed by atoms with Crippen molar-refractivity contribution in [2.45, 2.75) is 13.5 Å². The zero-order chi connectivity index (χ0) is 17.4. The highest BCUT2D eigenvalue weighted by Crippen LogP contribution is 2.23. The fourth-order valence-corrected chi connectivity index (χ4v) is 3.00. The van der Waals surface area contributed by atoms with Crippen molar-refractivity contribution in [2.75, 3.05) is 0 Å². The van der Waals surface area contributed by atoms with Gasteiger partial charge in [0, 0.05) is 10.0 Å². The Morgan fingerprint density at radius 2 is 1.96 bits per heavy atom. The van der Waals surface area contributed by atoms with E-state index in [4.69, 9.17) is 23.2 Å². The van der Waals surface area contributed by atoms with Gasteiger partial charge >= 0.3 is 5.97 Å². The van der Waals surface area contributed by atoms with E-state index in [1.807, 2.05) is 0 Å². The second-order valence-electron chi connectivity index (χ2n) is 5.32. The highest BCUT2D eigenvalue weighted by molar-refractivity contribution is 6.35. The minimum atomic E-state index is -1.06. The lowest BCUT2D eigenvalue weighted by molar-refractivity contribution is 0.0697. The van der Waals surface area contributed by atoms with Gasteiger partial charge in [-0.3, -0.25) is 4.79 Å². The van der Waals surface area contributed by atoms with E-state index in [-0.39, 0.29) is 5.56 Å². The zero-order valence-corrected chi connectivity index (χ0v) is 14.1. The largest absolute Gasteiger partial charge is 0.478 e. The lowest BCUT2D eigenvalue weighted by Gasteiger charge is -2.15. The van der Waals surface area contributed by atoms with Crippen LogP contribution in [-0.4, -0.2) is 20.6 Å². The summed E-state index contributed by atoms with van der Waals surface area (Å²) in [6, 6.07) is 9.48. The summed E-state index contributed by atoms with van der Waals surface area (Å²) in [5, 5.41) is 10.6. The van der Waals surface area contributed by atoms with Gasteiger partial charge in [0.15, 0.2) is 0 Å². The van der Waals surface area contributed by atoms with E-state index < -0.39 is 11.5 Å². The molecule has 3 rings (SSSR count). The van der Waals surface area contributed by atoms with E-state index in [0.717, 1.165) is 5.56 Å². The first-order valence-electron chi connectivity index (χ1n) is 7.05. The first-order chi connectivity index (χ1) is 11.4. The van der Waals surface area contributed by atoms with Crippen LogP contribution in [0.2, 0.25) is 10.0 Å². The standard InChI is InChI=1S/C17H12Cl2N2O3/c1-9-20-16(22)13-5-3-10(17(23)24)6-15(13)21(9)8-11-2-4-12(18)7-14(11)19/h2-7H,8H2,1H3,(H,23,24). The van der Waals surface area contributed by atoms with E-state index in [0.29, 0.717) is 33.3 Å². The maximum Gasteiger partial charge on any atom is 0.335 e. The maximum atomic E-state index is 12.1. The van der Waals surface area contributed by atoms with Gasteiger partial charge in [-0.2, -0.15) is 4.98 Å². The minimum Gasteiger partial charge on any atom is -0.478 e. The summed E-state index contributed by atoms with van der Waals surface area (Å²) in [4.78, 5) is 27.3. The van der Waals surface area contributed by atoms with E-state index in [9.17, 15) is 14.7 Å². The molecule has 1 aromatic heterocycles. The van der Waals surface area contributed by atoms with Gasteiger partial charge in [0.2, 0.25) is 0 Å². The van der Waals surface area contributed by atoms with Crippen LogP contribution in [0.3, 0.4) is 0 Å². The Morgan fingerprint density at radius 1 is 1.21 bits per heavy atom. The molecule has 1 N–H and O–H groups in total. The fraction of sp³-hybridized carbons (Fsp3) is 0.118. The average Bonchev–Trinajstić information content (AvgIpc) is 2.52. The summed E-state index contributed by atoms with van der Waals surface area (Å²) < 4.78 is 1.76. The van der Waals surface area contributed by atoms with Crippen LogP contribution in [0.1, 0.15) is 21.7 Å². The van der Waals surface area contributed by atoms with Crippen LogP contribution < -0.4 is 5.56 Å². The molecule has 0 aliphatic rings. The summed E-state index contributed by atoms with van der Waals surface area (Å²) in [6.07, 6.45) is 0. The van der Waals surface area contributed by atoms with Gasteiger partial charge in [0.05, 0.1) is 23.0 Å². The fourth-order valence-electron chi connectivity index (χ4n) is 2.53. The SMILES string of the molecule is Cc1nc(=O)c2ccc(C(=O)O)cc2n1Cc1ccc(Cl)cc1Cl. The van der Waals surface area contributed by atoms with Gasteiger partial charge in [-0.1, -0.05) is 29.3 Å². The number of hydrogen-bond acceptors (Lipinski definition) is 3. The second kappa shape index (κ2) is 6.26. The van der Waals surface area contributed by atoms with Crippen molar-refractivity contribution >= 4 is 40.1 Å². The van der Waals surface area contributed by atoms with Crippen LogP contribution >= 0.6 is 23.2 Å². The third kappa shape index (κ3) is 3.00. The van der Waals surface area contributed by atoms with Crippen molar-refractivity contribution in [2.24, 2.45) is 0 Å². The Labute approximate surface area is 147 Å². The topological polar surface area (TPSA) is 72.2 Å². The van der Waals surface area contributed by atoms with Crippen LogP contribution in [-0.2, 0) is 6.54 Å². The molecule has 5 nitrogen and oxygen atoms in total. The lowest BCUT2D eigenvalue weighted by Crippen LogP contribution is -2.18. The first-order valence-corrected chi connectivity index (χ1v) is 7.81. The van der Waals surface area contributed by atoms with E-state index in [2.05, 4.69) is 4.98 Å². The third-order valence-corrected chi connectivity index (χ3v) is 4.35. The minimum absolute atomic E-state index is 0.100. The molecule has 0 bridgehead atoms. The number of fused-ring (bicyclic) bond motifs is 1. The highest BCUT2D eigenvalue weighted by Gasteiger charge is 2.13.